The van der Waals surface area contributed by atoms with E-state index in [9.17, 15) is 9.59 Å². The summed E-state index contributed by atoms with van der Waals surface area (Å²) >= 11 is 6.03. The van der Waals surface area contributed by atoms with Crippen molar-refractivity contribution in [1.29, 1.82) is 0 Å². The molecule has 0 spiro atoms. The fraction of sp³-hybridized carbons (Fsp3) is 0.292. The largest absolute Gasteiger partial charge is 0.348 e. The second kappa shape index (κ2) is 9.04. The van der Waals surface area contributed by atoms with Crippen LogP contribution in [0.25, 0.3) is 22.2 Å². The van der Waals surface area contributed by atoms with Crippen molar-refractivity contribution in [2.24, 2.45) is 0 Å². The number of pyridine rings is 1. The van der Waals surface area contributed by atoms with Crippen LogP contribution in [-0.2, 0) is 4.79 Å². The van der Waals surface area contributed by atoms with E-state index in [-0.39, 0.29) is 11.8 Å². The Morgan fingerprint density at radius 1 is 1.00 bits per heavy atom. The van der Waals surface area contributed by atoms with Crippen LogP contribution < -0.4 is 0 Å². The minimum Gasteiger partial charge on any atom is -0.348 e. The molecule has 1 aromatic heterocycles. The Hall–Kier alpha value is -2.96. The second-order valence-electron chi connectivity index (χ2n) is 7.94. The molecule has 0 unspecified atom stereocenters. The van der Waals surface area contributed by atoms with E-state index < -0.39 is 0 Å². The molecule has 0 atom stereocenters. The second-order valence-corrected chi connectivity index (χ2v) is 8.37. The number of carbonyl (C=O) groups is 2. The third kappa shape index (κ3) is 4.70. The molecular weight excluding hydrogens is 412 g/mol. The lowest BCUT2D eigenvalue weighted by Gasteiger charge is -2.35. The highest BCUT2D eigenvalue weighted by atomic mass is 35.5. The Labute approximate surface area is 187 Å². The summed E-state index contributed by atoms with van der Waals surface area (Å²) < 4.78 is 0. The number of carbonyl (C=O) groups excluding carboxylic acids is 2. The highest BCUT2D eigenvalue weighted by Gasteiger charge is 2.25. The number of hydrogen-bond acceptors (Lipinski definition) is 4. The van der Waals surface area contributed by atoms with Crippen molar-refractivity contribution < 1.29 is 9.59 Å². The van der Waals surface area contributed by atoms with Gasteiger partial charge in [0.05, 0.1) is 23.3 Å². The number of hydrogen-bond donors (Lipinski definition) is 0. The van der Waals surface area contributed by atoms with Crippen molar-refractivity contribution in [2.45, 2.75) is 0 Å². The predicted molar refractivity (Wildman–Crippen MR) is 123 cm³/mol. The van der Waals surface area contributed by atoms with Gasteiger partial charge in [-0.1, -0.05) is 41.9 Å². The van der Waals surface area contributed by atoms with Crippen LogP contribution in [0.2, 0.25) is 5.02 Å². The minimum atomic E-state index is -0.00704. The van der Waals surface area contributed by atoms with Gasteiger partial charge in [-0.25, -0.2) is 4.98 Å². The van der Waals surface area contributed by atoms with Gasteiger partial charge in [0.1, 0.15) is 0 Å². The van der Waals surface area contributed by atoms with E-state index in [0.29, 0.717) is 43.3 Å². The number of amides is 2. The van der Waals surface area contributed by atoms with Gasteiger partial charge in [-0.2, -0.15) is 0 Å². The van der Waals surface area contributed by atoms with E-state index in [2.05, 4.69) is 4.90 Å². The van der Waals surface area contributed by atoms with Crippen LogP contribution in [0.3, 0.4) is 0 Å². The molecule has 31 heavy (non-hydrogen) atoms. The van der Waals surface area contributed by atoms with E-state index in [1.54, 1.807) is 19.0 Å². The molecule has 160 valence electrons. The lowest BCUT2D eigenvalue weighted by atomic mass is 10.0. The first kappa shape index (κ1) is 21.3. The first-order chi connectivity index (χ1) is 14.9. The zero-order valence-corrected chi connectivity index (χ0v) is 18.5. The Morgan fingerprint density at radius 3 is 2.35 bits per heavy atom. The van der Waals surface area contributed by atoms with Crippen molar-refractivity contribution in [1.82, 2.24) is 19.7 Å². The number of fused-ring (bicyclic) bond motifs is 1. The standard InChI is InChI=1S/C24H25ClN4O2/c1-27(2)23(30)16-28-11-13-29(14-12-28)24(31)20-15-22(17-7-9-18(25)10-8-17)26-21-6-4-3-5-19(20)21/h3-10,15H,11-14,16H2,1-2H3. The molecule has 1 fully saturated rings. The lowest BCUT2D eigenvalue weighted by molar-refractivity contribution is -0.130. The van der Waals surface area contributed by atoms with Gasteiger partial charge in [-0.05, 0) is 24.3 Å². The SMILES string of the molecule is CN(C)C(=O)CN1CCN(C(=O)c2cc(-c3ccc(Cl)cc3)nc3ccccc23)CC1. The summed E-state index contributed by atoms with van der Waals surface area (Å²) in [5.41, 5.74) is 3.09. The Kier molecular flexibility index (Phi) is 6.20. The van der Waals surface area contributed by atoms with Gasteiger partial charge in [0.25, 0.3) is 5.91 Å². The smallest absolute Gasteiger partial charge is 0.254 e. The Morgan fingerprint density at radius 2 is 1.68 bits per heavy atom. The highest BCUT2D eigenvalue weighted by molar-refractivity contribution is 6.30. The van der Waals surface area contributed by atoms with Crippen LogP contribution >= 0.6 is 11.6 Å². The van der Waals surface area contributed by atoms with Crippen LogP contribution in [0.4, 0.5) is 0 Å². The van der Waals surface area contributed by atoms with Crippen LogP contribution in [0.1, 0.15) is 10.4 Å². The van der Waals surface area contributed by atoms with Crippen LogP contribution in [0.15, 0.2) is 54.6 Å². The number of piperazine rings is 1. The van der Waals surface area contributed by atoms with Gasteiger partial charge >= 0.3 is 0 Å². The minimum absolute atomic E-state index is 0.00704. The first-order valence-corrected chi connectivity index (χ1v) is 10.7. The summed E-state index contributed by atoms with van der Waals surface area (Å²) in [4.78, 5) is 35.8. The number of benzene rings is 2. The summed E-state index contributed by atoms with van der Waals surface area (Å²) in [6, 6.07) is 17.1. The number of aromatic nitrogens is 1. The Bertz CT molecular complexity index is 1110. The molecule has 2 heterocycles. The Balaban J connectivity index is 1.59. The molecule has 1 saturated heterocycles. The van der Waals surface area contributed by atoms with Gasteiger partial charge in [0.2, 0.25) is 5.91 Å². The van der Waals surface area contributed by atoms with Crippen LogP contribution in [0.5, 0.6) is 0 Å². The quantitative estimate of drug-likeness (QED) is 0.629. The van der Waals surface area contributed by atoms with Crippen LogP contribution in [0, 0.1) is 0 Å². The molecule has 4 rings (SSSR count). The van der Waals surface area contributed by atoms with E-state index in [4.69, 9.17) is 16.6 Å². The normalized spacial score (nSPS) is 14.6. The number of halogens is 1. The summed E-state index contributed by atoms with van der Waals surface area (Å²) in [6.07, 6.45) is 0. The molecule has 3 aromatic rings. The van der Waals surface area contributed by atoms with Gasteiger partial charge in [-0.3, -0.25) is 14.5 Å². The zero-order chi connectivity index (χ0) is 22.0. The van der Waals surface area contributed by atoms with E-state index in [0.717, 1.165) is 22.2 Å². The molecule has 0 aliphatic carbocycles. The first-order valence-electron chi connectivity index (χ1n) is 10.3. The zero-order valence-electron chi connectivity index (χ0n) is 17.7. The molecule has 0 bridgehead atoms. The number of rotatable bonds is 4. The molecule has 0 radical (unpaired) electrons. The average molecular weight is 437 g/mol. The molecule has 2 aromatic carbocycles. The maximum atomic E-state index is 13.5. The number of para-hydroxylation sites is 1. The van der Waals surface area contributed by atoms with Gasteiger partial charge in [-0.15, -0.1) is 0 Å². The lowest BCUT2D eigenvalue weighted by Crippen LogP contribution is -2.51. The molecule has 7 heteroatoms. The van der Waals surface area contributed by atoms with Crippen LogP contribution in [-0.4, -0.2) is 78.3 Å². The molecular formula is C24H25ClN4O2. The third-order valence-corrected chi connectivity index (χ3v) is 5.86. The monoisotopic (exact) mass is 436 g/mol. The van der Waals surface area contributed by atoms with Gasteiger partial charge in [0.15, 0.2) is 0 Å². The molecule has 0 N–H and O–H groups in total. The fourth-order valence-corrected chi connectivity index (χ4v) is 3.86. The van der Waals surface area contributed by atoms with Crippen molar-refractivity contribution in [2.75, 3.05) is 46.8 Å². The molecule has 2 amide bonds. The predicted octanol–water partition coefficient (Wildman–Crippen LogP) is 3.40. The van der Waals surface area contributed by atoms with Crippen molar-refractivity contribution >= 4 is 34.3 Å². The van der Waals surface area contributed by atoms with E-state index >= 15 is 0 Å². The number of nitrogens with zero attached hydrogens (tertiary/aromatic N) is 4. The summed E-state index contributed by atoms with van der Waals surface area (Å²) in [5.74, 6) is 0.0694. The molecule has 6 nitrogen and oxygen atoms in total. The maximum absolute atomic E-state index is 13.5. The van der Waals surface area contributed by atoms with Crippen molar-refractivity contribution in [3.8, 4) is 11.3 Å². The van der Waals surface area contributed by atoms with Crippen molar-refractivity contribution in [3.63, 3.8) is 0 Å². The fourth-order valence-electron chi connectivity index (χ4n) is 3.73. The van der Waals surface area contributed by atoms with Gasteiger partial charge in [0, 0.05) is 56.2 Å². The van der Waals surface area contributed by atoms with E-state index in [1.165, 1.54) is 0 Å². The summed E-state index contributed by atoms with van der Waals surface area (Å²) in [7, 11) is 3.52. The molecule has 0 saturated carbocycles. The average Bonchev–Trinajstić information content (AvgIpc) is 2.78. The molecule has 1 aliphatic heterocycles. The van der Waals surface area contributed by atoms with Crippen molar-refractivity contribution in [3.05, 3.63) is 65.2 Å². The third-order valence-electron chi connectivity index (χ3n) is 5.60. The van der Waals surface area contributed by atoms with E-state index in [1.807, 2.05) is 59.5 Å². The maximum Gasteiger partial charge on any atom is 0.254 e. The highest BCUT2D eigenvalue weighted by Crippen LogP contribution is 2.27. The summed E-state index contributed by atoms with van der Waals surface area (Å²) in [5, 5.41) is 1.50. The summed E-state index contributed by atoms with van der Waals surface area (Å²) in [6.45, 7) is 2.92. The number of likely N-dealkylation sites (N-methyl/N-ethyl adjacent to an activating group) is 1. The topological polar surface area (TPSA) is 56.8 Å². The van der Waals surface area contributed by atoms with Gasteiger partial charge < -0.3 is 9.80 Å². The molecule has 1 aliphatic rings.